The summed E-state index contributed by atoms with van der Waals surface area (Å²) in [6.45, 7) is 1.81. The summed E-state index contributed by atoms with van der Waals surface area (Å²) in [5.74, 6) is 0.232. The molecule has 0 bridgehead atoms. The van der Waals surface area contributed by atoms with Crippen LogP contribution in [0.1, 0.15) is 18.4 Å². The molecule has 0 amide bonds. The highest BCUT2D eigenvalue weighted by Gasteiger charge is 2.27. The van der Waals surface area contributed by atoms with E-state index in [4.69, 9.17) is 22.7 Å². The maximum absolute atomic E-state index is 12.7. The molecule has 0 aliphatic carbocycles. The van der Waals surface area contributed by atoms with Gasteiger partial charge in [0.05, 0.1) is 11.5 Å². The van der Waals surface area contributed by atoms with Gasteiger partial charge in [0.15, 0.2) is 0 Å². The van der Waals surface area contributed by atoms with Crippen molar-refractivity contribution < 1.29 is 13.2 Å². The van der Waals surface area contributed by atoms with Gasteiger partial charge < -0.3 is 10.5 Å². The number of benzene rings is 1. The summed E-state index contributed by atoms with van der Waals surface area (Å²) < 4.78 is 32.2. The summed E-state index contributed by atoms with van der Waals surface area (Å²) in [6, 6.07) is 6.57. The molecule has 0 aromatic heterocycles. The lowest BCUT2D eigenvalue weighted by Gasteiger charge is -2.27. The number of nitrogens with zero attached hydrogens (tertiary/aromatic N) is 1. The normalized spacial score (nSPS) is 19.6. The Hall–Kier alpha value is -1.02. The number of ether oxygens (including phenoxy) is 1. The van der Waals surface area contributed by atoms with Crippen molar-refractivity contribution in [2.24, 2.45) is 11.7 Å². The molecule has 116 valence electrons. The molecule has 2 rings (SSSR count). The Morgan fingerprint density at radius 1 is 1.48 bits per heavy atom. The zero-order valence-electron chi connectivity index (χ0n) is 12.0. The molecule has 1 atom stereocenters. The van der Waals surface area contributed by atoms with E-state index in [0.29, 0.717) is 18.7 Å². The van der Waals surface area contributed by atoms with Crippen molar-refractivity contribution in [2.45, 2.75) is 17.7 Å². The van der Waals surface area contributed by atoms with Gasteiger partial charge >= 0.3 is 0 Å². The van der Waals surface area contributed by atoms with Crippen LogP contribution in [-0.2, 0) is 14.8 Å². The van der Waals surface area contributed by atoms with Crippen LogP contribution in [0.5, 0.6) is 0 Å². The fourth-order valence-corrected chi connectivity index (χ4v) is 4.17. The van der Waals surface area contributed by atoms with E-state index in [9.17, 15) is 8.42 Å². The second-order valence-electron chi connectivity index (χ2n) is 5.23. The number of nitrogens with two attached hydrogens (primary N) is 1. The molecule has 2 N–H and O–H groups in total. The van der Waals surface area contributed by atoms with Gasteiger partial charge in [-0.05, 0) is 24.8 Å². The van der Waals surface area contributed by atoms with Crippen LogP contribution in [0.2, 0.25) is 0 Å². The molecule has 1 saturated heterocycles. The fourth-order valence-electron chi connectivity index (χ4n) is 2.48. The van der Waals surface area contributed by atoms with Gasteiger partial charge in [0, 0.05) is 25.8 Å². The molecule has 5 nitrogen and oxygen atoms in total. The van der Waals surface area contributed by atoms with Crippen molar-refractivity contribution in [1.29, 1.82) is 0 Å². The highest BCUT2D eigenvalue weighted by Crippen LogP contribution is 2.22. The van der Waals surface area contributed by atoms with Crippen LogP contribution in [0, 0.1) is 5.92 Å². The van der Waals surface area contributed by atoms with Gasteiger partial charge in [-0.2, -0.15) is 0 Å². The zero-order valence-corrected chi connectivity index (χ0v) is 13.6. The van der Waals surface area contributed by atoms with Crippen molar-refractivity contribution >= 4 is 27.2 Å². The first kappa shape index (κ1) is 16.4. The van der Waals surface area contributed by atoms with E-state index in [1.54, 1.807) is 25.2 Å². The van der Waals surface area contributed by atoms with E-state index in [2.05, 4.69) is 0 Å². The molecule has 0 radical (unpaired) electrons. The van der Waals surface area contributed by atoms with Crippen LogP contribution in [0.15, 0.2) is 29.2 Å². The van der Waals surface area contributed by atoms with Crippen LogP contribution in [0.4, 0.5) is 0 Å². The highest BCUT2D eigenvalue weighted by molar-refractivity contribution is 7.89. The molecule has 0 saturated carbocycles. The van der Waals surface area contributed by atoms with E-state index in [-0.39, 0.29) is 15.8 Å². The number of hydrogen-bond donors (Lipinski definition) is 1. The van der Waals surface area contributed by atoms with Crippen molar-refractivity contribution in [3.05, 3.63) is 29.8 Å². The van der Waals surface area contributed by atoms with Crippen LogP contribution < -0.4 is 5.73 Å². The smallest absolute Gasteiger partial charge is 0.243 e. The SMILES string of the molecule is CN(CC1CCCOC1)S(=O)(=O)c1ccccc1C(N)=S. The molecule has 1 fully saturated rings. The first-order chi connectivity index (χ1) is 9.93. The first-order valence-electron chi connectivity index (χ1n) is 6.86. The topological polar surface area (TPSA) is 72.6 Å². The van der Waals surface area contributed by atoms with E-state index in [1.807, 2.05) is 0 Å². The lowest BCUT2D eigenvalue weighted by Crippen LogP contribution is -2.36. The van der Waals surface area contributed by atoms with Crippen LogP contribution >= 0.6 is 12.2 Å². The molecule has 21 heavy (non-hydrogen) atoms. The summed E-state index contributed by atoms with van der Waals surface area (Å²) in [5.41, 5.74) is 6.01. The van der Waals surface area contributed by atoms with Gasteiger partial charge in [-0.1, -0.05) is 30.4 Å². The minimum atomic E-state index is -3.60. The first-order valence-corrected chi connectivity index (χ1v) is 8.70. The Bertz CT molecular complexity index is 610. The Morgan fingerprint density at radius 2 is 2.19 bits per heavy atom. The van der Waals surface area contributed by atoms with Gasteiger partial charge in [0.2, 0.25) is 10.0 Å². The molecule has 0 spiro atoms. The van der Waals surface area contributed by atoms with Crippen LogP contribution in [0.3, 0.4) is 0 Å². The van der Waals surface area contributed by atoms with Gasteiger partial charge in [-0.25, -0.2) is 12.7 Å². The minimum Gasteiger partial charge on any atom is -0.389 e. The van der Waals surface area contributed by atoms with Gasteiger partial charge in [-0.3, -0.25) is 0 Å². The Kier molecular flexibility index (Phi) is 5.32. The largest absolute Gasteiger partial charge is 0.389 e. The minimum absolute atomic E-state index is 0.0866. The molecular formula is C14H20N2O3S2. The predicted molar refractivity (Wildman–Crippen MR) is 85.7 cm³/mol. The number of sulfonamides is 1. The summed E-state index contributed by atoms with van der Waals surface area (Å²) >= 11 is 4.94. The third-order valence-corrected chi connectivity index (χ3v) is 5.71. The van der Waals surface area contributed by atoms with Crippen molar-refractivity contribution in [3.8, 4) is 0 Å². The molecular weight excluding hydrogens is 308 g/mol. The van der Waals surface area contributed by atoms with E-state index < -0.39 is 10.0 Å². The Labute approximate surface area is 131 Å². The third-order valence-electron chi connectivity index (χ3n) is 3.61. The molecule has 1 unspecified atom stereocenters. The average Bonchev–Trinajstić information content (AvgIpc) is 2.48. The average molecular weight is 328 g/mol. The number of hydrogen-bond acceptors (Lipinski definition) is 4. The second kappa shape index (κ2) is 6.83. The van der Waals surface area contributed by atoms with E-state index >= 15 is 0 Å². The van der Waals surface area contributed by atoms with Crippen molar-refractivity contribution in [1.82, 2.24) is 4.31 Å². The maximum Gasteiger partial charge on any atom is 0.243 e. The van der Waals surface area contributed by atoms with E-state index in [1.165, 1.54) is 10.4 Å². The number of rotatable bonds is 5. The number of thiocarbonyl (C=S) groups is 1. The molecule has 7 heteroatoms. The predicted octanol–water partition coefficient (Wildman–Crippen LogP) is 1.37. The fraction of sp³-hybridized carbons (Fsp3) is 0.500. The van der Waals surface area contributed by atoms with Crippen LogP contribution in [0.25, 0.3) is 0 Å². The third kappa shape index (κ3) is 3.79. The molecule has 1 aliphatic rings. The van der Waals surface area contributed by atoms with Gasteiger partial charge in [-0.15, -0.1) is 0 Å². The Balaban J connectivity index is 2.22. The van der Waals surface area contributed by atoms with Crippen molar-refractivity contribution in [2.75, 3.05) is 26.8 Å². The quantitative estimate of drug-likeness (QED) is 0.827. The summed E-state index contributed by atoms with van der Waals surface area (Å²) in [7, 11) is -2.02. The zero-order chi connectivity index (χ0) is 15.5. The molecule has 1 aromatic carbocycles. The lowest BCUT2D eigenvalue weighted by atomic mass is 10.0. The lowest BCUT2D eigenvalue weighted by molar-refractivity contribution is 0.0495. The van der Waals surface area contributed by atoms with Crippen LogP contribution in [-0.4, -0.2) is 44.5 Å². The van der Waals surface area contributed by atoms with Gasteiger partial charge in [0.1, 0.15) is 4.99 Å². The molecule has 1 heterocycles. The summed E-state index contributed by atoms with van der Waals surface area (Å²) in [5, 5.41) is 0. The second-order valence-corrected chi connectivity index (χ2v) is 7.68. The summed E-state index contributed by atoms with van der Waals surface area (Å²) in [6.07, 6.45) is 1.96. The van der Waals surface area contributed by atoms with E-state index in [0.717, 1.165) is 19.4 Å². The maximum atomic E-state index is 12.7. The monoisotopic (exact) mass is 328 g/mol. The van der Waals surface area contributed by atoms with Crippen molar-refractivity contribution in [3.63, 3.8) is 0 Å². The molecule has 1 aromatic rings. The highest BCUT2D eigenvalue weighted by atomic mass is 32.2. The summed E-state index contributed by atoms with van der Waals surface area (Å²) in [4.78, 5) is 0.250. The molecule has 1 aliphatic heterocycles. The van der Waals surface area contributed by atoms with Gasteiger partial charge in [0.25, 0.3) is 0 Å². The standard InChI is InChI=1S/C14H20N2O3S2/c1-16(9-11-5-4-8-19-10-11)21(17,18)13-7-3-2-6-12(13)14(15)20/h2-3,6-7,11H,4-5,8-10H2,1H3,(H2,15,20). The Morgan fingerprint density at radius 3 is 2.81 bits per heavy atom.